The SMILES string of the molecule is Fc1ccc(Br)cc1C1(CS)COC1. The number of halogens is 2. The summed E-state index contributed by atoms with van der Waals surface area (Å²) < 4.78 is 19.6. The Balaban J connectivity index is 2.43. The Kier molecular flexibility index (Phi) is 2.86. The van der Waals surface area contributed by atoms with Gasteiger partial charge in [0.2, 0.25) is 0 Å². The Bertz CT molecular complexity index is 346. The average molecular weight is 277 g/mol. The monoisotopic (exact) mass is 276 g/mol. The maximum Gasteiger partial charge on any atom is 0.127 e. The zero-order chi connectivity index (χ0) is 10.2. The molecule has 1 fully saturated rings. The lowest BCUT2D eigenvalue weighted by Gasteiger charge is -2.41. The van der Waals surface area contributed by atoms with Crippen molar-refractivity contribution in [2.24, 2.45) is 0 Å². The molecule has 76 valence electrons. The van der Waals surface area contributed by atoms with Crippen LogP contribution in [0.1, 0.15) is 5.56 Å². The third-order valence-corrected chi connectivity index (χ3v) is 3.66. The smallest absolute Gasteiger partial charge is 0.127 e. The van der Waals surface area contributed by atoms with Crippen LogP contribution in [0.2, 0.25) is 0 Å². The van der Waals surface area contributed by atoms with E-state index in [2.05, 4.69) is 28.6 Å². The Morgan fingerprint density at radius 1 is 1.50 bits per heavy atom. The minimum atomic E-state index is -0.225. The molecule has 1 aromatic rings. The van der Waals surface area contributed by atoms with E-state index in [1.807, 2.05) is 6.07 Å². The van der Waals surface area contributed by atoms with Gasteiger partial charge in [-0.15, -0.1) is 0 Å². The quantitative estimate of drug-likeness (QED) is 0.818. The summed E-state index contributed by atoms with van der Waals surface area (Å²) in [6.07, 6.45) is 0. The van der Waals surface area contributed by atoms with Crippen molar-refractivity contribution < 1.29 is 9.13 Å². The van der Waals surface area contributed by atoms with Gasteiger partial charge in [-0.25, -0.2) is 4.39 Å². The van der Waals surface area contributed by atoms with Gasteiger partial charge in [0.25, 0.3) is 0 Å². The summed E-state index contributed by atoms with van der Waals surface area (Å²) in [7, 11) is 0. The third kappa shape index (κ3) is 1.59. The van der Waals surface area contributed by atoms with E-state index in [1.165, 1.54) is 6.07 Å². The summed E-state index contributed by atoms with van der Waals surface area (Å²) in [4.78, 5) is 0. The van der Waals surface area contributed by atoms with E-state index in [4.69, 9.17) is 4.74 Å². The lowest BCUT2D eigenvalue weighted by atomic mass is 9.80. The molecule has 1 aromatic carbocycles. The second-order valence-corrected chi connectivity index (χ2v) is 4.79. The van der Waals surface area contributed by atoms with Crippen LogP contribution in [0.5, 0.6) is 0 Å². The van der Waals surface area contributed by atoms with Crippen LogP contribution < -0.4 is 0 Å². The molecule has 0 bridgehead atoms. The van der Waals surface area contributed by atoms with Crippen LogP contribution in [0.15, 0.2) is 22.7 Å². The Morgan fingerprint density at radius 2 is 2.21 bits per heavy atom. The highest BCUT2D eigenvalue weighted by Crippen LogP contribution is 2.36. The molecule has 14 heavy (non-hydrogen) atoms. The number of benzene rings is 1. The second-order valence-electron chi connectivity index (χ2n) is 3.56. The second kappa shape index (κ2) is 3.83. The van der Waals surface area contributed by atoms with Crippen LogP contribution >= 0.6 is 28.6 Å². The van der Waals surface area contributed by atoms with Crippen LogP contribution in [0.3, 0.4) is 0 Å². The summed E-state index contributed by atoms with van der Waals surface area (Å²) in [5.41, 5.74) is 0.477. The number of hydrogen-bond donors (Lipinski definition) is 1. The van der Waals surface area contributed by atoms with Gasteiger partial charge in [0.05, 0.1) is 18.6 Å². The molecule has 0 radical (unpaired) electrons. The molecule has 0 unspecified atom stereocenters. The van der Waals surface area contributed by atoms with Crippen LogP contribution in [0.4, 0.5) is 4.39 Å². The van der Waals surface area contributed by atoms with Crippen molar-refractivity contribution in [3.05, 3.63) is 34.1 Å². The first-order chi connectivity index (χ1) is 6.68. The molecule has 0 aromatic heterocycles. The van der Waals surface area contributed by atoms with Gasteiger partial charge in [-0.2, -0.15) is 12.6 Å². The van der Waals surface area contributed by atoms with Crippen molar-refractivity contribution in [3.63, 3.8) is 0 Å². The average Bonchev–Trinajstić information content (AvgIpc) is 2.10. The van der Waals surface area contributed by atoms with Gasteiger partial charge in [0, 0.05) is 15.8 Å². The lowest BCUT2D eigenvalue weighted by molar-refractivity contribution is -0.0486. The molecular weight excluding hydrogens is 267 g/mol. The molecule has 0 N–H and O–H groups in total. The standard InChI is InChI=1S/C10H10BrFOS/c11-7-1-2-9(12)8(3-7)10(6-14)4-13-5-10/h1-3,14H,4-6H2. The van der Waals surface area contributed by atoms with E-state index in [9.17, 15) is 4.39 Å². The normalized spacial score (nSPS) is 19.1. The molecule has 0 spiro atoms. The zero-order valence-electron chi connectivity index (χ0n) is 7.46. The number of ether oxygens (including phenoxy) is 1. The lowest BCUT2D eigenvalue weighted by Crippen LogP contribution is -2.49. The van der Waals surface area contributed by atoms with Gasteiger partial charge in [0.15, 0.2) is 0 Å². The highest BCUT2D eigenvalue weighted by Gasteiger charge is 2.41. The van der Waals surface area contributed by atoms with Gasteiger partial charge in [-0.1, -0.05) is 15.9 Å². The number of thiol groups is 1. The van der Waals surface area contributed by atoms with Crippen LogP contribution in [0.25, 0.3) is 0 Å². The highest BCUT2D eigenvalue weighted by molar-refractivity contribution is 9.10. The molecule has 2 rings (SSSR count). The van der Waals surface area contributed by atoms with Gasteiger partial charge in [-0.3, -0.25) is 0 Å². The van der Waals surface area contributed by atoms with E-state index in [0.29, 0.717) is 24.5 Å². The highest BCUT2D eigenvalue weighted by atomic mass is 79.9. The summed E-state index contributed by atoms with van der Waals surface area (Å²) in [6, 6.07) is 4.99. The third-order valence-electron chi connectivity index (χ3n) is 2.56. The Morgan fingerprint density at radius 3 is 2.71 bits per heavy atom. The number of rotatable bonds is 2. The van der Waals surface area contributed by atoms with Gasteiger partial charge < -0.3 is 4.74 Å². The van der Waals surface area contributed by atoms with Crippen molar-refractivity contribution in [1.29, 1.82) is 0 Å². The molecule has 1 aliphatic heterocycles. The fraction of sp³-hybridized carbons (Fsp3) is 0.400. The summed E-state index contributed by atoms with van der Waals surface area (Å²) >= 11 is 7.60. The van der Waals surface area contributed by atoms with Crippen molar-refractivity contribution >= 4 is 28.6 Å². The molecule has 0 atom stereocenters. The minimum absolute atomic E-state index is 0.175. The zero-order valence-corrected chi connectivity index (χ0v) is 9.95. The van der Waals surface area contributed by atoms with Crippen LogP contribution in [0, 0.1) is 5.82 Å². The van der Waals surface area contributed by atoms with E-state index < -0.39 is 0 Å². The summed E-state index contributed by atoms with van der Waals surface area (Å²) in [6.45, 7) is 1.12. The van der Waals surface area contributed by atoms with E-state index >= 15 is 0 Å². The summed E-state index contributed by atoms with van der Waals surface area (Å²) in [5.74, 6) is 0.436. The Labute approximate surface area is 96.2 Å². The van der Waals surface area contributed by atoms with Gasteiger partial charge >= 0.3 is 0 Å². The van der Waals surface area contributed by atoms with E-state index in [0.717, 1.165) is 4.47 Å². The topological polar surface area (TPSA) is 9.23 Å². The van der Waals surface area contributed by atoms with Crippen LogP contribution in [-0.4, -0.2) is 19.0 Å². The largest absolute Gasteiger partial charge is 0.379 e. The van der Waals surface area contributed by atoms with E-state index in [1.54, 1.807) is 6.07 Å². The first kappa shape index (κ1) is 10.5. The van der Waals surface area contributed by atoms with Crippen molar-refractivity contribution in [2.45, 2.75) is 5.41 Å². The summed E-state index contributed by atoms with van der Waals surface area (Å²) in [5, 5.41) is 0. The molecule has 1 saturated heterocycles. The molecule has 1 nitrogen and oxygen atoms in total. The van der Waals surface area contributed by atoms with Crippen molar-refractivity contribution in [3.8, 4) is 0 Å². The minimum Gasteiger partial charge on any atom is -0.379 e. The first-order valence-corrected chi connectivity index (χ1v) is 5.75. The fourth-order valence-corrected chi connectivity index (χ4v) is 2.30. The van der Waals surface area contributed by atoms with Gasteiger partial charge in [0.1, 0.15) is 5.82 Å². The molecular formula is C10H10BrFOS. The maximum atomic E-state index is 13.6. The van der Waals surface area contributed by atoms with E-state index in [-0.39, 0.29) is 11.2 Å². The fourth-order valence-electron chi connectivity index (χ4n) is 1.58. The molecule has 0 saturated carbocycles. The first-order valence-electron chi connectivity index (χ1n) is 4.32. The van der Waals surface area contributed by atoms with Crippen LogP contribution in [-0.2, 0) is 10.2 Å². The molecule has 0 aliphatic carbocycles. The van der Waals surface area contributed by atoms with Crippen molar-refractivity contribution in [1.82, 2.24) is 0 Å². The molecule has 4 heteroatoms. The number of hydrogen-bond acceptors (Lipinski definition) is 2. The molecule has 1 aliphatic rings. The van der Waals surface area contributed by atoms with Crippen molar-refractivity contribution in [2.75, 3.05) is 19.0 Å². The predicted molar refractivity (Wildman–Crippen MR) is 60.5 cm³/mol. The molecule has 1 heterocycles. The maximum absolute atomic E-state index is 13.6. The molecule has 0 amide bonds. The predicted octanol–water partition coefficient (Wildman–Crippen LogP) is 2.79. The Hall–Kier alpha value is -0.0600. The van der Waals surface area contributed by atoms with Gasteiger partial charge in [-0.05, 0) is 18.2 Å².